The van der Waals surface area contributed by atoms with Crippen LogP contribution < -0.4 is 20.3 Å². The number of nitrogens with one attached hydrogen (secondary N) is 1. The van der Waals surface area contributed by atoms with Gasteiger partial charge in [-0.25, -0.2) is 4.98 Å². The lowest BCUT2D eigenvalue weighted by Gasteiger charge is -2.10. The van der Waals surface area contributed by atoms with E-state index in [9.17, 15) is 9.59 Å². The van der Waals surface area contributed by atoms with Crippen molar-refractivity contribution < 1.29 is 14.3 Å². The predicted molar refractivity (Wildman–Crippen MR) is 85.1 cm³/mol. The molecule has 0 unspecified atom stereocenters. The second-order valence-electron chi connectivity index (χ2n) is 4.89. The van der Waals surface area contributed by atoms with Gasteiger partial charge >= 0.3 is 0 Å². The molecule has 23 heavy (non-hydrogen) atoms. The van der Waals surface area contributed by atoms with Crippen LogP contribution in [0.1, 0.15) is 16.1 Å². The predicted octanol–water partition coefficient (Wildman–Crippen LogP) is 0.999. The highest BCUT2D eigenvalue weighted by Gasteiger charge is 2.10. The Balaban J connectivity index is 1.98. The van der Waals surface area contributed by atoms with Gasteiger partial charge in [-0.05, 0) is 25.1 Å². The first kappa shape index (κ1) is 16.5. The van der Waals surface area contributed by atoms with Crippen LogP contribution in [0.5, 0.6) is 11.5 Å². The van der Waals surface area contributed by atoms with Gasteiger partial charge in [-0.15, -0.1) is 0 Å². The zero-order valence-corrected chi connectivity index (χ0v) is 13.3. The van der Waals surface area contributed by atoms with Crippen molar-refractivity contribution in [2.45, 2.75) is 13.5 Å². The SMILES string of the molecule is COc1ccc(C(=O)NCCn2cnc(C)cc2=O)cc1OC. The van der Waals surface area contributed by atoms with Crippen LogP contribution in [-0.4, -0.2) is 36.2 Å². The topological polar surface area (TPSA) is 82.5 Å². The highest BCUT2D eigenvalue weighted by molar-refractivity contribution is 5.94. The molecule has 0 aliphatic heterocycles. The third-order valence-electron chi connectivity index (χ3n) is 3.30. The van der Waals surface area contributed by atoms with E-state index in [0.29, 0.717) is 35.8 Å². The van der Waals surface area contributed by atoms with E-state index in [4.69, 9.17) is 9.47 Å². The molecule has 0 radical (unpaired) electrons. The van der Waals surface area contributed by atoms with Crippen molar-refractivity contribution in [2.75, 3.05) is 20.8 Å². The summed E-state index contributed by atoms with van der Waals surface area (Å²) in [6, 6.07) is 6.38. The van der Waals surface area contributed by atoms with Crippen LogP contribution in [0.4, 0.5) is 0 Å². The molecule has 0 aliphatic rings. The third kappa shape index (κ3) is 4.09. The minimum atomic E-state index is -0.251. The smallest absolute Gasteiger partial charge is 0.253 e. The van der Waals surface area contributed by atoms with Crippen LogP contribution >= 0.6 is 0 Å². The maximum atomic E-state index is 12.1. The van der Waals surface area contributed by atoms with E-state index < -0.39 is 0 Å². The van der Waals surface area contributed by atoms with Gasteiger partial charge in [-0.2, -0.15) is 0 Å². The van der Waals surface area contributed by atoms with Gasteiger partial charge < -0.3 is 14.8 Å². The summed E-state index contributed by atoms with van der Waals surface area (Å²) in [6.07, 6.45) is 1.47. The van der Waals surface area contributed by atoms with Crippen molar-refractivity contribution in [3.8, 4) is 11.5 Å². The summed E-state index contributed by atoms with van der Waals surface area (Å²) in [6.45, 7) is 2.42. The monoisotopic (exact) mass is 317 g/mol. The molecule has 1 heterocycles. The van der Waals surface area contributed by atoms with Crippen molar-refractivity contribution in [3.63, 3.8) is 0 Å². The number of aromatic nitrogens is 2. The molecule has 0 saturated carbocycles. The summed E-state index contributed by atoms with van der Waals surface area (Å²) in [4.78, 5) is 27.9. The minimum absolute atomic E-state index is 0.141. The first-order valence-electron chi connectivity index (χ1n) is 7.08. The van der Waals surface area contributed by atoms with Gasteiger partial charge in [0.05, 0.1) is 20.5 Å². The molecular formula is C16H19N3O4. The molecule has 0 saturated heterocycles. The summed E-state index contributed by atoms with van der Waals surface area (Å²) < 4.78 is 11.7. The number of aryl methyl sites for hydroxylation is 1. The van der Waals surface area contributed by atoms with E-state index in [1.54, 1.807) is 25.1 Å². The molecule has 7 heteroatoms. The Bertz CT molecular complexity index is 755. The molecule has 0 aliphatic carbocycles. The van der Waals surface area contributed by atoms with E-state index in [-0.39, 0.29) is 11.5 Å². The quantitative estimate of drug-likeness (QED) is 0.859. The number of methoxy groups -OCH3 is 2. The Kier molecular flexibility index (Phi) is 5.35. The second-order valence-corrected chi connectivity index (χ2v) is 4.89. The van der Waals surface area contributed by atoms with Gasteiger partial charge in [0.15, 0.2) is 11.5 Å². The van der Waals surface area contributed by atoms with Crippen molar-refractivity contribution in [2.24, 2.45) is 0 Å². The largest absolute Gasteiger partial charge is 0.493 e. The van der Waals surface area contributed by atoms with Crippen LogP contribution in [0.15, 0.2) is 35.4 Å². The molecule has 1 amide bonds. The first-order valence-corrected chi connectivity index (χ1v) is 7.08. The maximum Gasteiger partial charge on any atom is 0.253 e. The number of benzene rings is 1. The van der Waals surface area contributed by atoms with Gasteiger partial charge in [0.1, 0.15) is 0 Å². The van der Waals surface area contributed by atoms with Gasteiger partial charge in [0.25, 0.3) is 11.5 Å². The molecule has 122 valence electrons. The van der Waals surface area contributed by atoms with Crippen LogP contribution in [0.25, 0.3) is 0 Å². The number of hydrogen-bond acceptors (Lipinski definition) is 5. The Morgan fingerprint density at radius 1 is 1.22 bits per heavy atom. The molecule has 2 aromatic rings. The summed E-state index contributed by atoms with van der Waals surface area (Å²) >= 11 is 0. The van der Waals surface area contributed by atoms with Gasteiger partial charge in [0.2, 0.25) is 0 Å². The molecule has 7 nitrogen and oxygen atoms in total. The number of nitrogens with zero attached hydrogens (tertiary/aromatic N) is 2. The maximum absolute atomic E-state index is 12.1. The third-order valence-corrected chi connectivity index (χ3v) is 3.30. The number of amides is 1. The van der Waals surface area contributed by atoms with Gasteiger partial charge in [0, 0.05) is 30.4 Å². The van der Waals surface area contributed by atoms with E-state index in [2.05, 4.69) is 10.3 Å². The lowest BCUT2D eigenvalue weighted by atomic mass is 10.2. The summed E-state index contributed by atoms with van der Waals surface area (Å²) in [5, 5.41) is 2.76. The Morgan fingerprint density at radius 2 is 1.96 bits per heavy atom. The summed E-state index contributed by atoms with van der Waals surface area (Å²) in [5.74, 6) is 0.791. The van der Waals surface area contributed by atoms with Crippen LogP contribution in [-0.2, 0) is 6.54 Å². The zero-order valence-electron chi connectivity index (χ0n) is 13.3. The fraction of sp³-hybridized carbons (Fsp3) is 0.312. The molecule has 0 bridgehead atoms. The molecule has 1 aromatic carbocycles. The Hall–Kier alpha value is -2.83. The molecule has 0 spiro atoms. The average Bonchev–Trinajstić information content (AvgIpc) is 2.56. The molecule has 0 fully saturated rings. The standard InChI is InChI=1S/C16H19N3O4/c1-11-8-15(20)19(10-18-11)7-6-17-16(21)12-4-5-13(22-2)14(9-12)23-3/h4-5,8-10H,6-7H2,1-3H3,(H,17,21). The Morgan fingerprint density at radius 3 is 2.61 bits per heavy atom. The fourth-order valence-corrected chi connectivity index (χ4v) is 2.05. The highest BCUT2D eigenvalue weighted by Crippen LogP contribution is 2.27. The van der Waals surface area contributed by atoms with E-state index in [0.717, 1.165) is 0 Å². The van der Waals surface area contributed by atoms with Crippen molar-refractivity contribution in [1.82, 2.24) is 14.9 Å². The summed E-state index contributed by atoms with van der Waals surface area (Å²) in [5.41, 5.74) is 0.982. The number of rotatable bonds is 6. The molecule has 0 atom stereocenters. The average molecular weight is 317 g/mol. The van der Waals surface area contributed by atoms with Crippen LogP contribution in [0.3, 0.4) is 0 Å². The fourth-order valence-electron chi connectivity index (χ4n) is 2.05. The van der Waals surface area contributed by atoms with E-state index in [1.807, 2.05) is 0 Å². The van der Waals surface area contributed by atoms with Crippen LogP contribution in [0, 0.1) is 6.92 Å². The van der Waals surface area contributed by atoms with E-state index in [1.165, 1.54) is 31.2 Å². The summed E-state index contributed by atoms with van der Waals surface area (Å²) in [7, 11) is 3.04. The van der Waals surface area contributed by atoms with Crippen molar-refractivity contribution >= 4 is 5.91 Å². The Labute approximate surface area is 133 Å². The lowest BCUT2D eigenvalue weighted by Crippen LogP contribution is -2.30. The van der Waals surface area contributed by atoms with Crippen LogP contribution in [0.2, 0.25) is 0 Å². The molecule has 1 aromatic heterocycles. The lowest BCUT2D eigenvalue weighted by molar-refractivity contribution is 0.0951. The first-order chi connectivity index (χ1) is 11.0. The molecule has 1 N–H and O–H groups in total. The van der Waals surface area contributed by atoms with E-state index >= 15 is 0 Å². The second kappa shape index (κ2) is 7.44. The van der Waals surface area contributed by atoms with Gasteiger partial charge in [-0.1, -0.05) is 0 Å². The van der Waals surface area contributed by atoms with Gasteiger partial charge in [-0.3, -0.25) is 14.2 Å². The number of ether oxygens (including phenoxy) is 2. The molecular weight excluding hydrogens is 298 g/mol. The molecule has 2 rings (SSSR count). The van der Waals surface area contributed by atoms with Crippen molar-refractivity contribution in [3.05, 3.63) is 52.2 Å². The number of carbonyl (C=O) groups excluding carboxylic acids is 1. The minimum Gasteiger partial charge on any atom is -0.493 e. The highest BCUT2D eigenvalue weighted by atomic mass is 16.5. The zero-order chi connectivity index (χ0) is 16.8. The normalized spacial score (nSPS) is 10.2. The van der Waals surface area contributed by atoms with Crippen molar-refractivity contribution in [1.29, 1.82) is 0 Å². The number of carbonyl (C=O) groups is 1. The number of hydrogen-bond donors (Lipinski definition) is 1.